The van der Waals surface area contributed by atoms with E-state index in [2.05, 4.69) is 86.8 Å². The van der Waals surface area contributed by atoms with Gasteiger partial charge in [-0.3, -0.25) is 9.59 Å². The van der Waals surface area contributed by atoms with Crippen LogP contribution in [0, 0.1) is 0 Å². The van der Waals surface area contributed by atoms with Gasteiger partial charge in [0.2, 0.25) is 0 Å². The lowest BCUT2D eigenvalue weighted by Gasteiger charge is -2.15. The van der Waals surface area contributed by atoms with E-state index in [1.54, 1.807) is 0 Å². The van der Waals surface area contributed by atoms with Gasteiger partial charge in [0.25, 0.3) is 0 Å². The van der Waals surface area contributed by atoms with Gasteiger partial charge in [-0.05, 0) is 83.5 Å². The summed E-state index contributed by atoms with van der Waals surface area (Å²) in [6.45, 7) is 4.04. The molecule has 0 spiro atoms. The monoisotopic (exact) mass is 1000 g/mol. The fourth-order valence-electron chi connectivity index (χ4n) is 9.29. The van der Waals surface area contributed by atoms with Crippen LogP contribution in [0.15, 0.2) is 72.9 Å². The van der Waals surface area contributed by atoms with Gasteiger partial charge < -0.3 is 14.6 Å². The Morgan fingerprint density at radius 1 is 0.333 bits per heavy atom. The standard InChI is InChI=1S/C67H120O5/c1-3-5-7-9-11-13-15-17-19-21-22-23-24-25-26-27-28-29-30-31-32-33-34-35-36-37-38-39-40-41-42-43-44-46-48-50-52-54-56-58-60-62-67(70)72-65(63-68)64-71-66(69)61-59-57-55-53-51-49-47-45-20-18-16-14-12-10-8-6-4-2/h6,8,12,14-15,17-18,20-22,24-25,65,68H,3-5,7,9-11,13,16,19,23,26-64H2,1-2H3/b8-6-,14-12-,17-15-,20-18-,22-21-,25-24-. The molecule has 1 unspecified atom stereocenters. The molecule has 5 heteroatoms. The predicted octanol–water partition coefficient (Wildman–Crippen LogP) is 21.5. The normalized spacial score (nSPS) is 12.7. The molecule has 0 aromatic heterocycles. The molecule has 5 nitrogen and oxygen atoms in total. The molecule has 0 saturated carbocycles. The van der Waals surface area contributed by atoms with Crippen molar-refractivity contribution in [2.24, 2.45) is 0 Å². The topological polar surface area (TPSA) is 72.8 Å². The average Bonchev–Trinajstić information content (AvgIpc) is 3.38. The van der Waals surface area contributed by atoms with Gasteiger partial charge in [-0.1, -0.05) is 299 Å². The van der Waals surface area contributed by atoms with Crippen LogP contribution in [0.4, 0.5) is 0 Å². The molecular formula is C67H120O5. The molecule has 0 rings (SSSR count). The zero-order valence-corrected chi connectivity index (χ0v) is 47.9. The Bertz CT molecular complexity index is 1270. The van der Waals surface area contributed by atoms with Gasteiger partial charge in [0, 0.05) is 12.8 Å². The molecule has 0 amide bonds. The van der Waals surface area contributed by atoms with Crippen molar-refractivity contribution in [3.8, 4) is 0 Å². The molecule has 0 bridgehead atoms. The second kappa shape index (κ2) is 62.6. The van der Waals surface area contributed by atoms with E-state index >= 15 is 0 Å². The number of aliphatic hydroxyl groups excluding tert-OH is 1. The first kappa shape index (κ1) is 69.3. The van der Waals surface area contributed by atoms with Crippen LogP contribution in [-0.2, 0) is 19.1 Å². The minimum Gasteiger partial charge on any atom is -0.462 e. The van der Waals surface area contributed by atoms with Crippen LogP contribution in [-0.4, -0.2) is 36.4 Å². The lowest BCUT2D eigenvalue weighted by Crippen LogP contribution is -2.28. The van der Waals surface area contributed by atoms with Crippen LogP contribution in [0.3, 0.4) is 0 Å². The second-order valence-corrected chi connectivity index (χ2v) is 21.1. The Morgan fingerprint density at radius 2 is 0.597 bits per heavy atom. The van der Waals surface area contributed by atoms with Crippen LogP contribution in [0.5, 0.6) is 0 Å². The van der Waals surface area contributed by atoms with E-state index in [9.17, 15) is 14.7 Å². The number of aliphatic hydroxyl groups is 1. The molecule has 0 saturated heterocycles. The van der Waals surface area contributed by atoms with E-state index in [-0.39, 0.29) is 25.2 Å². The lowest BCUT2D eigenvalue weighted by atomic mass is 10.0. The number of esters is 2. The van der Waals surface area contributed by atoms with Gasteiger partial charge in [0.05, 0.1) is 6.61 Å². The highest BCUT2D eigenvalue weighted by atomic mass is 16.6. The van der Waals surface area contributed by atoms with Crippen molar-refractivity contribution in [2.75, 3.05) is 13.2 Å². The maximum Gasteiger partial charge on any atom is 0.306 e. The van der Waals surface area contributed by atoms with E-state index < -0.39 is 6.10 Å². The van der Waals surface area contributed by atoms with E-state index in [4.69, 9.17) is 9.47 Å². The zero-order chi connectivity index (χ0) is 52.0. The maximum atomic E-state index is 12.3. The van der Waals surface area contributed by atoms with Crippen LogP contribution in [0.25, 0.3) is 0 Å². The SMILES string of the molecule is CC/C=C\C/C=C\C/C=C\CCCCCCCCCC(=O)OCC(CO)OC(=O)CCCCCCCCCCCCCCCCCCCCCCCCCCCC/C=C\C/C=C\C/C=C\CCCCCCC. The molecular weight excluding hydrogens is 885 g/mol. The summed E-state index contributed by atoms with van der Waals surface area (Å²) in [4.78, 5) is 24.5. The molecule has 0 radical (unpaired) electrons. The third kappa shape index (κ3) is 59.9. The summed E-state index contributed by atoms with van der Waals surface area (Å²) in [6, 6.07) is 0. The Morgan fingerprint density at radius 3 is 0.903 bits per heavy atom. The molecule has 1 atom stereocenters. The molecule has 0 aliphatic heterocycles. The summed E-state index contributed by atoms with van der Waals surface area (Å²) >= 11 is 0. The van der Waals surface area contributed by atoms with Crippen LogP contribution >= 0.6 is 0 Å². The first-order chi connectivity index (χ1) is 35.6. The molecule has 72 heavy (non-hydrogen) atoms. The van der Waals surface area contributed by atoms with Crippen molar-refractivity contribution >= 4 is 11.9 Å². The first-order valence-electron chi connectivity index (χ1n) is 31.5. The third-order valence-electron chi connectivity index (χ3n) is 14.0. The summed E-state index contributed by atoms with van der Waals surface area (Å²) in [6.07, 6.45) is 86.4. The fourth-order valence-corrected chi connectivity index (χ4v) is 9.29. The Hall–Kier alpha value is -2.66. The van der Waals surface area contributed by atoms with E-state index in [1.165, 1.54) is 218 Å². The molecule has 0 aromatic rings. The Labute approximate surface area is 448 Å². The van der Waals surface area contributed by atoms with Crippen molar-refractivity contribution in [1.29, 1.82) is 0 Å². The van der Waals surface area contributed by atoms with Gasteiger partial charge in [-0.15, -0.1) is 0 Å². The number of hydrogen-bond acceptors (Lipinski definition) is 5. The highest BCUT2D eigenvalue weighted by molar-refractivity contribution is 5.70. The second-order valence-electron chi connectivity index (χ2n) is 21.1. The molecule has 0 aliphatic rings. The first-order valence-corrected chi connectivity index (χ1v) is 31.5. The van der Waals surface area contributed by atoms with Gasteiger partial charge in [0.1, 0.15) is 6.61 Å². The van der Waals surface area contributed by atoms with Crippen molar-refractivity contribution in [1.82, 2.24) is 0 Å². The van der Waals surface area contributed by atoms with Crippen LogP contribution in [0.2, 0.25) is 0 Å². The number of rotatable bonds is 58. The summed E-state index contributed by atoms with van der Waals surface area (Å²) in [5.74, 6) is -0.591. The largest absolute Gasteiger partial charge is 0.462 e. The number of unbranched alkanes of at least 4 members (excludes halogenated alkanes) is 38. The summed E-state index contributed by atoms with van der Waals surface area (Å²) in [5, 5.41) is 9.65. The lowest BCUT2D eigenvalue weighted by molar-refractivity contribution is -0.161. The van der Waals surface area contributed by atoms with Crippen LogP contribution in [0.1, 0.15) is 322 Å². The highest BCUT2D eigenvalue weighted by Crippen LogP contribution is 2.18. The van der Waals surface area contributed by atoms with Crippen molar-refractivity contribution in [3.05, 3.63) is 72.9 Å². The molecule has 1 N–H and O–H groups in total. The van der Waals surface area contributed by atoms with Gasteiger partial charge in [0.15, 0.2) is 6.10 Å². The minimum absolute atomic E-state index is 0.0699. The average molecular weight is 1010 g/mol. The number of hydrogen-bond donors (Lipinski definition) is 1. The number of carbonyl (C=O) groups is 2. The fraction of sp³-hybridized carbons (Fsp3) is 0.791. The van der Waals surface area contributed by atoms with Gasteiger partial charge in [-0.2, -0.15) is 0 Å². The Kier molecular flexibility index (Phi) is 60.3. The predicted molar refractivity (Wildman–Crippen MR) is 316 cm³/mol. The van der Waals surface area contributed by atoms with Crippen molar-refractivity contribution in [2.45, 2.75) is 328 Å². The molecule has 0 fully saturated rings. The van der Waals surface area contributed by atoms with E-state index in [1.807, 2.05) is 0 Å². The summed E-state index contributed by atoms with van der Waals surface area (Å²) in [7, 11) is 0. The molecule has 0 heterocycles. The zero-order valence-electron chi connectivity index (χ0n) is 47.9. The van der Waals surface area contributed by atoms with E-state index in [0.29, 0.717) is 12.8 Å². The summed E-state index contributed by atoms with van der Waals surface area (Å²) < 4.78 is 10.7. The number of ether oxygens (including phenoxy) is 2. The summed E-state index contributed by atoms with van der Waals surface area (Å²) in [5.41, 5.74) is 0. The van der Waals surface area contributed by atoms with Gasteiger partial charge >= 0.3 is 11.9 Å². The van der Waals surface area contributed by atoms with Gasteiger partial charge in [-0.25, -0.2) is 0 Å². The van der Waals surface area contributed by atoms with Crippen molar-refractivity contribution in [3.63, 3.8) is 0 Å². The minimum atomic E-state index is -0.777. The molecule has 0 aliphatic carbocycles. The van der Waals surface area contributed by atoms with Crippen LogP contribution < -0.4 is 0 Å². The third-order valence-corrected chi connectivity index (χ3v) is 14.0. The maximum absolute atomic E-state index is 12.3. The highest BCUT2D eigenvalue weighted by Gasteiger charge is 2.16. The Balaban J connectivity index is 3.39. The quantitative estimate of drug-likeness (QED) is 0.0373. The molecule has 0 aromatic carbocycles. The number of carbonyl (C=O) groups excluding carboxylic acids is 2. The molecule has 418 valence electrons. The number of allylic oxidation sites excluding steroid dienone is 12. The van der Waals surface area contributed by atoms with Crippen molar-refractivity contribution < 1.29 is 24.2 Å². The smallest absolute Gasteiger partial charge is 0.306 e. The van der Waals surface area contributed by atoms with E-state index in [0.717, 1.165) is 77.0 Å².